The van der Waals surface area contributed by atoms with Gasteiger partial charge in [0, 0.05) is 14.2 Å². The molecule has 1 aromatic heterocycles. The highest BCUT2D eigenvalue weighted by molar-refractivity contribution is 7.13. The van der Waals surface area contributed by atoms with Gasteiger partial charge in [0.2, 0.25) is 0 Å². The number of hydrogen-bond donors (Lipinski definition) is 0. The molecule has 12 heavy (non-hydrogen) atoms. The van der Waals surface area contributed by atoms with Crippen molar-refractivity contribution in [2.24, 2.45) is 0 Å². The van der Waals surface area contributed by atoms with Crippen LogP contribution in [-0.2, 0) is 9.47 Å². The summed E-state index contributed by atoms with van der Waals surface area (Å²) >= 11 is 1.37. The van der Waals surface area contributed by atoms with E-state index in [2.05, 4.69) is 0 Å². The van der Waals surface area contributed by atoms with Gasteiger partial charge in [-0.15, -0.1) is 11.3 Å². The highest BCUT2D eigenvalue weighted by Gasteiger charge is 2.10. The van der Waals surface area contributed by atoms with E-state index in [-0.39, 0.29) is 6.29 Å². The first-order valence-electron chi connectivity index (χ1n) is 3.42. The van der Waals surface area contributed by atoms with E-state index in [1.165, 1.54) is 11.3 Å². The predicted octanol–water partition coefficient (Wildman–Crippen LogP) is 1.85. The van der Waals surface area contributed by atoms with Crippen LogP contribution in [0.25, 0.3) is 0 Å². The number of aldehydes is 1. The van der Waals surface area contributed by atoms with Crippen LogP contribution in [0.4, 0.5) is 0 Å². The van der Waals surface area contributed by atoms with Crippen LogP contribution in [0.2, 0.25) is 0 Å². The lowest BCUT2D eigenvalue weighted by Gasteiger charge is -2.09. The van der Waals surface area contributed by atoms with Crippen LogP contribution in [0.5, 0.6) is 0 Å². The molecule has 0 aliphatic carbocycles. The van der Waals surface area contributed by atoms with Crippen molar-refractivity contribution in [1.82, 2.24) is 0 Å². The molecule has 0 unspecified atom stereocenters. The van der Waals surface area contributed by atoms with E-state index in [0.717, 1.165) is 11.2 Å². The molecule has 66 valence electrons. The smallest absolute Gasteiger partial charge is 0.192 e. The Morgan fingerprint density at radius 2 is 2.08 bits per heavy atom. The van der Waals surface area contributed by atoms with Crippen LogP contribution in [0.3, 0.4) is 0 Å². The first-order valence-corrected chi connectivity index (χ1v) is 4.24. The summed E-state index contributed by atoms with van der Waals surface area (Å²) < 4.78 is 10.0. The van der Waals surface area contributed by atoms with Crippen molar-refractivity contribution >= 4 is 17.6 Å². The number of methoxy groups -OCH3 is 2. The Balaban J connectivity index is 2.79. The van der Waals surface area contributed by atoms with Gasteiger partial charge in [-0.1, -0.05) is 0 Å². The highest BCUT2D eigenvalue weighted by atomic mass is 32.1. The van der Waals surface area contributed by atoms with Crippen molar-refractivity contribution in [3.63, 3.8) is 0 Å². The van der Waals surface area contributed by atoms with Gasteiger partial charge in [-0.05, 0) is 12.1 Å². The second-order valence-corrected chi connectivity index (χ2v) is 3.31. The van der Waals surface area contributed by atoms with Gasteiger partial charge >= 0.3 is 0 Å². The van der Waals surface area contributed by atoms with E-state index in [4.69, 9.17) is 9.47 Å². The monoisotopic (exact) mass is 186 g/mol. The number of carbonyl (C=O) groups is 1. The van der Waals surface area contributed by atoms with E-state index in [1.54, 1.807) is 20.3 Å². The van der Waals surface area contributed by atoms with Gasteiger partial charge in [0.25, 0.3) is 0 Å². The summed E-state index contributed by atoms with van der Waals surface area (Å²) in [7, 11) is 3.13. The van der Waals surface area contributed by atoms with E-state index in [1.807, 2.05) is 6.07 Å². The molecule has 0 fully saturated rings. The fraction of sp³-hybridized carbons (Fsp3) is 0.375. The molecule has 1 rings (SSSR count). The third kappa shape index (κ3) is 1.91. The Hall–Kier alpha value is -0.710. The third-order valence-electron chi connectivity index (χ3n) is 1.42. The van der Waals surface area contributed by atoms with Crippen LogP contribution in [-0.4, -0.2) is 20.5 Å². The zero-order valence-corrected chi connectivity index (χ0v) is 7.76. The van der Waals surface area contributed by atoms with Crippen molar-refractivity contribution in [2.75, 3.05) is 14.2 Å². The molecule has 4 heteroatoms. The van der Waals surface area contributed by atoms with Crippen LogP contribution in [0.1, 0.15) is 20.8 Å². The summed E-state index contributed by atoms with van der Waals surface area (Å²) in [5.41, 5.74) is 0. The Morgan fingerprint density at radius 3 is 2.50 bits per heavy atom. The predicted molar refractivity (Wildman–Crippen MR) is 46.5 cm³/mol. The van der Waals surface area contributed by atoms with Crippen molar-refractivity contribution in [2.45, 2.75) is 6.29 Å². The molecule has 0 spiro atoms. The van der Waals surface area contributed by atoms with Crippen LogP contribution >= 0.6 is 11.3 Å². The number of hydrogen-bond acceptors (Lipinski definition) is 4. The molecule has 0 aromatic carbocycles. The Bertz CT molecular complexity index is 253. The largest absolute Gasteiger partial charge is 0.351 e. The maximum Gasteiger partial charge on any atom is 0.192 e. The Kier molecular flexibility index (Phi) is 3.40. The van der Waals surface area contributed by atoms with Gasteiger partial charge in [0.05, 0.1) is 9.75 Å². The molecule has 0 saturated carbocycles. The summed E-state index contributed by atoms with van der Waals surface area (Å²) in [6.45, 7) is 0. The maximum absolute atomic E-state index is 10.3. The Morgan fingerprint density at radius 1 is 1.42 bits per heavy atom. The van der Waals surface area contributed by atoms with Crippen LogP contribution < -0.4 is 0 Å². The molecule has 0 radical (unpaired) electrons. The molecular weight excluding hydrogens is 176 g/mol. The number of ether oxygens (including phenoxy) is 2. The summed E-state index contributed by atoms with van der Waals surface area (Å²) in [4.78, 5) is 11.9. The lowest BCUT2D eigenvalue weighted by atomic mass is 10.4. The summed E-state index contributed by atoms with van der Waals surface area (Å²) in [6, 6.07) is 3.57. The molecule has 0 amide bonds. The van der Waals surface area contributed by atoms with E-state index in [9.17, 15) is 4.79 Å². The van der Waals surface area contributed by atoms with Gasteiger partial charge in [-0.25, -0.2) is 0 Å². The van der Waals surface area contributed by atoms with Crippen LogP contribution in [0.15, 0.2) is 12.1 Å². The summed E-state index contributed by atoms with van der Waals surface area (Å²) in [5, 5.41) is 0. The van der Waals surface area contributed by atoms with Crippen molar-refractivity contribution in [3.05, 3.63) is 21.9 Å². The van der Waals surface area contributed by atoms with Crippen molar-refractivity contribution in [1.29, 1.82) is 0 Å². The quantitative estimate of drug-likeness (QED) is 0.531. The molecule has 0 aliphatic rings. The average molecular weight is 186 g/mol. The molecular formula is C8H10O3S. The molecule has 1 aromatic rings. The minimum absolute atomic E-state index is 0.358. The fourth-order valence-electron chi connectivity index (χ4n) is 0.887. The second-order valence-electron chi connectivity index (χ2n) is 2.16. The number of thiophene rings is 1. The van der Waals surface area contributed by atoms with Gasteiger partial charge in [-0.2, -0.15) is 0 Å². The van der Waals surface area contributed by atoms with Crippen LogP contribution in [0, 0.1) is 0 Å². The maximum atomic E-state index is 10.3. The SMILES string of the molecule is COC(OC)c1ccc(C=O)s1. The minimum atomic E-state index is -0.358. The molecule has 1 heterocycles. The topological polar surface area (TPSA) is 35.5 Å². The lowest BCUT2D eigenvalue weighted by molar-refractivity contribution is -0.103. The minimum Gasteiger partial charge on any atom is -0.351 e. The molecule has 0 saturated heterocycles. The van der Waals surface area contributed by atoms with Crippen molar-refractivity contribution < 1.29 is 14.3 Å². The average Bonchev–Trinajstić information content (AvgIpc) is 2.55. The Labute approximate surface area is 74.9 Å². The van der Waals surface area contributed by atoms with Gasteiger partial charge in [0.15, 0.2) is 12.6 Å². The number of carbonyl (C=O) groups excluding carboxylic acids is 1. The lowest BCUT2D eigenvalue weighted by Crippen LogP contribution is -2.00. The zero-order chi connectivity index (χ0) is 8.97. The zero-order valence-electron chi connectivity index (χ0n) is 6.94. The first kappa shape index (κ1) is 9.38. The fourth-order valence-corrected chi connectivity index (χ4v) is 1.77. The molecule has 3 nitrogen and oxygen atoms in total. The van der Waals surface area contributed by atoms with Gasteiger partial charge in [0.1, 0.15) is 0 Å². The summed E-state index contributed by atoms with van der Waals surface area (Å²) in [5.74, 6) is 0. The normalized spacial score (nSPS) is 10.6. The third-order valence-corrected chi connectivity index (χ3v) is 2.46. The van der Waals surface area contributed by atoms with E-state index < -0.39 is 0 Å². The number of rotatable bonds is 4. The first-order chi connectivity index (χ1) is 5.81. The van der Waals surface area contributed by atoms with E-state index >= 15 is 0 Å². The van der Waals surface area contributed by atoms with Gasteiger partial charge < -0.3 is 9.47 Å². The molecule has 0 bridgehead atoms. The highest BCUT2D eigenvalue weighted by Crippen LogP contribution is 2.24. The molecule has 0 aliphatic heterocycles. The standard InChI is InChI=1S/C8H10O3S/c1-10-8(11-2)7-4-3-6(5-9)12-7/h3-5,8H,1-2H3. The van der Waals surface area contributed by atoms with E-state index in [0.29, 0.717) is 4.88 Å². The summed E-state index contributed by atoms with van der Waals surface area (Å²) in [6.07, 6.45) is 0.458. The van der Waals surface area contributed by atoms with Gasteiger partial charge in [-0.3, -0.25) is 4.79 Å². The van der Waals surface area contributed by atoms with Crippen molar-refractivity contribution in [3.8, 4) is 0 Å². The second kappa shape index (κ2) is 4.35. The molecule has 0 N–H and O–H groups in total. The molecule has 0 atom stereocenters.